The van der Waals surface area contributed by atoms with Gasteiger partial charge in [0, 0.05) is 28.8 Å². The Morgan fingerprint density at radius 3 is 2.55 bits per heavy atom. The van der Waals surface area contributed by atoms with Gasteiger partial charge in [-0.15, -0.1) is 5.10 Å². The molecule has 5 aromatic rings. The molecular formula is C28H18Cl2FN7O2. The number of benzene rings is 3. The van der Waals surface area contributed by atoms with Gasteiger partial charge in [0.25, 0.3) is 5.56 Å². The van der Waals surface area contributed by atoms with Crippen LogP contribution in [-0.4, -0.2) is 30.5 Å². The number of halogens is 3. The smallest absolute Gasteiger partial charge is 0.254 e. The second kappa shape index (κ2) is 11.5. The molecule has 1 amide bonds. The van der Waals surface area contributed by atoms with Crippen molar-refractivity contribution in [1.82, 2.24) is 24.5 Å². The number of carbonyl (C=O) groups is 1. The van der Waals surface area contributed by atoms with Crippen molar-refractivity contribution in [1.29, 1.82) is 5.26 Å². The van der Waals surface area contributed by atoms with Gasteiger partial charge in [-0.25, -0.2) is 14.1 Å². The van der Waals surface area contributed by atoms with Gasteiger partial charge in [0.15, 0.2) is 5.15 Å². The van der Waals surface area contributed by atoms with Crippen molar-refractivity contribution < 1.29 is 9.18 Å². The highest BCUT2D eigenvalue weighted by atomic mass is 35.5. The van der Waals surface area contributed by atoms with Gasteiger partial charge in [-0.2, -0.15) is 5.26 Å². The third-order valence-electron chi connectivity index (χ3n) is 6.05. The Labute approximate surface area is 237 Å². The monoisotopic (exact) mass is 573 g/mol. The van der Waals surface area contributed by atoms with Crippen LogP contribution in [0.25, 0.3) is 16.9 Å². The van der Waals surface area contributed by atoms with Crippen molar-refractivity contribution in [2.24, 2.45) is 0 Å². The lowest BCUT2D eigenvalue weighted by molar-refractivity contribution is -0.119. The lowest BCUT2D eigenvalue weighted by atomic mass is 10.0. The number of hydrogen-bond acceptors (Lipinski definition) is 6. The first-order valence-electron chi connectivity index (χ1n) is 11.8. The lowest BCUT2D eigenvalue weighted by Gasteiger charge is -2.20. The van der Waals surface area contributed by atoms with E-state index < -0.39 is 23.3 Å². The first kappa shape index (κ1) is 26.7. The number of rotatable bonds is 7. The number of nitrogens with zero attached hydrogens (tertiary/aromatic N) is 6. The van der Waals surface area contributed by atoms with Crippen LogP contribution in [0.3, 0.4) is 0 Å². The number of nitriles is 1. The van der Waals surface area contributed by atoms with Gasteiger partial charge >= 0.3 is 0 Å². The Hall–Kier alpha value is -4.85. The van der Waals surface area contributed by atoms with E-state index in [4.69, 9.17) is 28.5 Å². The fraction of sp³-hybridized carbons (Fsp3) is 0.0714. The summed E-state index contributed by atoms with van der Waals surface area (Å²) in [6.45, 7) is 0. The molecule has 0 saturated heterocycles. The molecule has 5 rings (SSSR count). The molecule has 198 valence electrons. The molecule has 12 heteroatoms. The molecule has 3 aromatic carbocycles. The van der Waals surface area contributed by atoms with Crippen LogP contribution in [-0.2, 0) is 11.2 Å². The van der Waals surface area contributed by atoms with E-state index in [9.17, 15) is 14.0 Å². The zero-order chi connectivity index (χ0) is 28.2. The molecule has 1 unspecified atom stereocenters. The van der Waals surface area contributed by atoms with E-state index in [2.05, 4.69) is 20.6 Å². The van der Waals surface area contributed by atoms with Crippen molar-refractivity contribution in [3.05, 3.63) is 123 Å². The average Bonchev–Trinajstić information content (AvgIpc) is 3.38. The molecule has 0 aliphatic carbocycles. The van der Waals surface area contributed by atoms with E-state index in [0.717, 1.165) is 11.6 Å². The van der Waals surface area contributed by atoms with Gasteiger partial charge in [0.2, 0.25) is 5.91 Å². The summed E-state index contributed by atoms with van der Waals surface area (Å²) in [6, 6.07) is 19.9. The molecule has 0 bridgehead atoms. The predicted octanol–water partition coefficient (Wildman–Crippen LogP) is 5.23. The summed E-state index contributed by atoms with van der Waals surface area (Å²) in [6.07, 6.45) is 2.94. The number of amides is 1. The normalized spacial score (nSPS) is 11.6. The number of anilines is 1. The van der Waals surface area contributed by atoms with Crippen LogP contribution in [0.5, 0.6) is 0 Å². The molecule has 1 N–H and O–H groups in total. The second-order valence-corrected chi connectivity index (χ2v) is 9.49. The summed E-state index contributed by atoms with van der Waals surface area (Å²) in [7, 11) is 0. The van der Waals surface area contributed by atoms with Gasteiger partial charge in [-0.3, -0.25) is 14.2 Å². The van der Waals surface area contributed by atoms with Gasteiger partial charge < -0.3 is 5.32 Å². The first-order valence-corrected chi connectivity index (χ1v) is 12.6. The van der Waals surface area contributed by atoms with E-state index >= 15 is 0 Å². The van der Waals surface area contributed by atoms with Crippen LogP contribution in [0, 0.1) is 17.1 Å². The summed E-state index contributed by atoms with van der Waals surface area (Å²) < 4.78 is 16.8. The molecule has 0 spiro atoms. The SMILES string of the molecule is N#Cc1ccc(NC(=O)C(Cc2ccccc2)n2cnc(-c3cc(Cl)ccc3-n3cc(Cl)nn3)cc2=O)cc1F. The van der Waals surface area contributed by atoms with Crippen LogP contribution < -0.4 is 10.9 Å². The fourth-order valence-corrected chi connectivity index (χ4v) is 4.43. The van der Waals surface area contributed by atoms with E-state index in [1.807, 2.05) is 30.3 Å². The molecule has 9 nitrogen and oxygen atoms in total. The Morgan fingerprint density at radius 2 is 1.88 bits per heavy atom. The molecule has 0 radical (unpaired) electrons. The third-order valence-corrected chi connectivity index (χ3v) is 6.46. The van der Waals surface area contributed by atoms with Crippen molar-refractivity contribution >= 4 is 34.8 Å². The molecule has 2 aromatic heterocycles. The van der Waals surface area contributed by atoms with Gasteiger partial charge in [0.05, 0.1) is 29.5 Å². The van der Waals surface area contributed by atoms with Crippen molar-refractivity contribution in [2.75, 3.05) is 5.32 Å². The maximum Gasteiger partial charge on any atom is 0.254 e. The quantitative estimate of drug-likeness (QED) is 0.284. The number of nitrogens with one attached hydrogen (secondary N) is 1. The number of aromatic nitrogens is 5. The van der Waals surface area contributed by atoms with E-state index in [1.54, 1.807) is 24.3 Å². The third kappa shape index (κ3) is 5.76. The molecule has 40 heavy (non-hydrogen) atoms. The molecule has 0 saturated carbocycles. The molecule has 0 aliphatic heterocycles. The van der Waals surface area contributed by atoms with E-state index in [-0.39, 0.29) is 22.8 Å². The minimum Gasteiger partial charge on any atom is -0.324 e. The van der Waals surface area contributed by atoms with Gasteiger partial charge in [0.1, 0.15) is 17.9 Å². The molecular weight excluding hydrogens is 556 g/mol. The lowest BCUT2D eigenvalue weighted by Crippen LogP contribution is -2.34. The van der Waals surface area contributed by atoms with Crippen LogP contribution >= 0.6 is 23.2 Å². The summed E-state index contributed by atoms with van der Waals surface area (Å²) >= 11 is 12.2. The number of carbonyl (C=O) groups excluding carboxylic acids is 1. The van der Waals surface area contributed by atoms with Crippen LogP contribution in [0.2, 0.25) is 10.2 Å². The molecule has 0 fully saturated rings. The zero-order valence-electron chi connectivity index (χ0n) is 20.5. The molecule has 0 aliphatic rings. The topological polar surface area (TPSA) is 118 Å². The fourth-order valence-electron chi connectivity index (χ4n) is 4.13. The number of hydrogen-bond donors (Lipinski definition) is 1. The highest BCUT2D eigenvalue weighted by Gasteiger charge is 2.24. The Balaban J connectivity index is 1.53. The standard InChI is InChI=1S/C28H18Cl2FN7O2/c29-19-7-9-24(38-15-26(30)35-36-38)21(11-19)23-13-27(39)37(16-33-23)25(10-17-4-2-1-3-5-17)28(40)34-20-8-6-18(14-32)22(31)12-20/h1-9,11-13,15-16,25H,10H2,(H,34,40). The highest BCUT2D eigenvalue weighted by molar-refractivity contribution is 6.31. The maximum atomic E-state index is 14.2. The van der Waals surface area contributed by atoms with Crippen LogP contribution in [0.1, 0.15) is 17.2 Å². The van der Waals surface area contributed by atoms with Crippen molar-refractivity contribution in [2.45, 2.75) is 12.5 Å². The van der Waals surface area contributed by atoms with Crippen molar-refractivity contribution in [3.63, 3.8) is 0 Å². The minimum absolute atomic E-state index is 0.146. The van der Waals surface area contributed by atoms with Gasteiger partial charge in [-0.1, -0.05) is 58.7 Å². The van der Waals surface area contributed by atoms with Crippen molar-refractivity contribution in [3.8, 4) is 23.0 Å². The minimum atomic E-state index is -1.02. The van der Waals surface area contributed by atoms with Crippen LogP contribution in [0.4, 0.5) is 10.1 Å². The Kier molecular flexibility index (Phi) is 7.68. The van der Waals surface area contributed by atoms with E-state index in [1.165, 1.54) is 40.0 Å². The predicted molar refractivity (Wildman–Crippen MR) is 148 cm³/mol. The average molecular weight is 574 g/mol. The Bertz CT molecular complexity index is 1820. The van der Waals surface area contributed by atoms with Gasteiger partial charge in [-0.05, 0) is 42.0 Å². The first-order chi connectivity index (χ1) is 19.3. The summed E-state index contributed by atoms with van der Waals surface area (Å²) in [4.78, 5) is 31.3. The molecule has 1 atom stereocenters. The summed E-state index contributed by atoms with van der Waals surface area (Å²) in [5.74, 6) is -1.33. The summed E-state index contributed by atoms with van der Waals surface area (Å²) in [5, 5.41) is 20.0. The maximum absolute atomic E-state index is 14.2. The summed E-state index contributed by atoms with van der Waals surface area (Å²) in [5.41, 5.74) is 1.61. The zero-order valence-corrected chi connectivity index (χ0v) is 22.0. The Morgan fingerprint density at radius 1 is 1.07 bits per heavy atom. The van der Waals surface area contributed by atoms with E-state index in [0.29, 0.717) is 22.0 Å². The second-order valence-electron chi connectivity index (χ2n) is 8.67. The molecule has 2 heterocycles. The highest BCUT2D eigenvalue weighted by Crippen LogP contribution is 2.28. The largest absolute Gasteiger partial charge is 0.324 e. The van der Waals surface area contributed by atoms with Crippen LogP contribution in [0.15, 0.2) is 90.1 Å².